The molecular formula is C13H17Cl2NO3S. The number of aryl methyl sites for hydroxylation is 1. The maximum absolute atomic E-state index is 12.1. The maximum Gasteiger partial charge on any atom is 0.262 e. The van der Waals surface area contributed by atoms with Crippen LogP contribution in [0.4, 0.5) is 0 Å². The van der Waals surface area contributed by atoms with E-state index in [1.165, 1.54) is 6.07 Å². The van der Waals surface area contributed by atoms with Crippen LogP contribution in [-0.2, 0) is 9.05 Å². The van der Waals surface area contributed by atoms with Gasteiger partial charge in [-0.05, 0) is 38.0 Å². The van der Waals surface area contributed by atoms with Crippen molar-refractivity contribution in [3.8, 4) is 0 Å². The Labute approximate surface area is 128 Å². The molecule has 7 heteroatoms. The minimum atomic E-state index is -3.99. The SMILES string of the molecule is CCCC(C)NC(=O)c1cc(C)c(Cl)c(S(=O)(=O)Cl)c1. The van der Waals surface area contributed by atoms with Gasteiger partial charge in [-0.15, -0.1) is 0 Å². The van der Waals surface area contributed by atoms with E-state index in [-0.39, 0.29) is 27.4 Å². The first kappa shape index (κ1) is 17.3. The van der Waals surface area contributed by atoms with E-state index in [1.807, 2.05) is 13.8 Å². The van der Waals surface area contributed by atoms with Gasteiger partial charge in [0, 0.05) is 22.3 Å². The summed E-state index contributed by atoms with van der Waals surface area (Å²) in [7, 11) is 1.33. The molecule has 20 heavy (non-hydrogen) atoms. The zero-order chi connectivity index (χ0) is 15.5. The van der Waals surface area contributed by atoms with Gasteiger partial charge in [0.25, 0.3) is 15.0 Å². The van der Waals surface area contributed by atoms with Crippen LogP contribution < -0.4 is 5.32 Å². The van der Waals surface area contributed by atoms with Gasteiger partial charge in [-0.1, -0.05) is 24.9 Å². The van der Waals surface area contributed by atoms with E-state index in [0.29, 0.717) is 5.56 Å². The first-order valence-electron chi connectivity index (χ1n) is 6.22. The number of hydrogen-bond acceptors (Lipinski definition) is 3. The van der Waals surface area contributed by atoms with Crippen LogP contribution in [0.2, 0.25) is 5.02 Å². The molecule has 1 amide bonds. The Bertz CT molecular complexity index is 614. The van der Waals surface area contributed by atoms with Crippen molar-refractivity contribution in [2.24, 2.45) is 0 Å². The first-order chi connectivity index (χ1) is 9.16. The van der Waals surface area contributed by atoms with Crippen LogP contribution in [0.25, 0.3) is 0 Å². The quantitative estimate of drug-likeness (QED) is 0.836. The summed E-state index contributed by atoms with van der Waals surface area (Å²) in [6.07, 6.45) is 1.79. The Morgan fingerprint density at radius 3 is 2.50 bits per heavy atom. The number of halogens is 2. The highest BCUT2D eigenvalue weighted by Gasteiger charge is 2.20. The molecule has 0 bridgehead atoms. The third-order valence-corrected chi connectivity index (χ3v) is 4.80. The highest BCUT2D eigenvalue weighted by molar-refractivity contribution is 8.13. The van der Waals surface area contributed by atoms with Gasteiger partial charge in [0.15, 0.2) is 0 Å². The van der Waals surface area contributed by atoms with Crippen molar-refractivity contribution in [3.63, 3.8) is 0 Å². The van der Waals surface area contributed by atoms with Gasteiger partial charge in [-0.25, -0.2) is 8.42 Å². The highest BCUT2D eigenvalue weighted by Crippen LogP contribution is 2.29. The van der Waals surface area contributed by atoms with Crippen LogP contribution in [0.3, 0.4) is 0 Å². The van der Waals surface area contributed by atoms with Crippen LogP contribution in [0.5, 0.6) is 0 Å². The molecule has 0 saturated carbocycles. The molecule has 1 aromatic carbocycles. The van der Waals surface area contributed by atoms with Crippen molar-refractivity contribution >= 4 is 37.2 Å². The maximum atomic E-state index is 12.1. The Kier molecular flexibility index (Phi) is 5.86. The number of amides is 1. The second-order valence-electron chi connectivity index (χ2n) is 4.71. The third-order valence-electron chi connectivity index (χ3n) is 2.85. The molecule has 112 valence electrons. The lowest BCUT2D eigenvalue weighted by Gasteiger charge is -2.14. The third kappa shape index (κ3) is 4.36. The molecule has 1 atom stereocenters. The minimum Gasteiger partial charge on any atom is -0.350 e. The fourth-order valence-corrected chi connectivity index (χ4v) is 3.40. The van der Waals surface area contributed by atoms with E-state index in [1.54, 1.807) is 13.0 Å². The summed E-state index contributed by atoms with van der Waals surface area (Å²) in [4.78, 5) is 11.8. The fourth-order valence-electron chi connectivity index (χ4n) is 1.86. The molecular weight excluding hydrogens is 321 g/mol. The molecule has 1 rings (SSSR count). The Morgan fingerprint density at radius 1 is 1.40 bits per heavy atom. The average molecular weight is 338 g/mol. The predicted molar refractivity (Wildman–Crippen MR) is 81.1 cm³/mol. The predicted octanol–water partition coefficient (Wildman–Crippen LogP) is 3.49. The molecule has 0 heterocycles. The molecule has 1 N–H and O–H groups in total. The van der Waals surface area contributed by atoms with E-state index < -0.39 is 9.05 Å². The van der Waals surface area contributed by atoms with Crippen molar-refractivity contribution in [1.29, 1.82) is 0 Å². The Balaban J connectivity index is 3.15. The van der Waals surface area contributed by atoms with Gasteiger partial charge in [0.05, 0.1) is 5.02 Å². The van der Waals surface area contributed by atoms with E-state index in [2.05, 4.69) is 5.32 Å². The van der Waals surface area contributed by atoms with Crippen LogP contribution in [-0.4, -0.2) is 20.4 Å². The monoisotopic (exact) mass is 337 g/mol. The molecule has 1 unspecified atom stereocenters. The summed E-state index contributed by atoms with van der Waals surface area (Å²) in [5.74, 6) is -0.340. The number of benzene rings is 1. The summed E-state index contributed by atoms with van der Waals surface area (Å²) in [5, 5.41) is 2.84. The molecule has 0 aromatic heterocycles. The van der Waals surface area contributed by atoms with Crippen molar-refractivity contribution in [2.75, 3.05) is 0 Å². The standard InChI is InChI=1S/C13H17Cl2NO3S/c1-4-5-9(3)16-13(17)10-6-8(2)12(14)11(7-10)20(15,18)19/h6-7,9H,4-5H2,1-3H3,(H,16,17). The largest absolute Gasteiger partial charge is 0.350 e. The van der Waals surface area contributed by atoms with Crippen molar-refractivity contribution in [3.05, 3.63) is 28.3 Å². The zero-order valence-electron chi connectivity index (χ0n) is 11.5. The van der Waals surface area contributed by atoms with Gasteiger partial charge in [-0.2, -0.15) is 0 Å². The van der Waals surface area contributed by atoms with Crippen molar-refractivity contribution < 1.29 is 13.2 Å². The zero-order valence-corrected chi connectivity index (χ0v) is 13.9. The second kappa shape index (κ2) is 6.78. The van der Waals surface area contributed by atoms with Crippen LogP contribution in [0.15, 0.2) is 17.0 Å². The molecule has 1 aromatic rings. The lowest BCUT2D eigenvalue weighted by atomic mass is 10.1. The lowest BCUT2D eigenvalue weighted by Crippen LogP contribution is -2.32. The second-order valence-corrected chi connectivity index (χ2v) is 7.62. The van der Waals surface area contributed by atoms with E-state index >= 15 is 0 Å². The smallest absolute Gasteiger partial charge is 0.262 e. The average Bonchev–Trinajstić information content (AvgIpc) is 2.30. The molecule has 0 aliphatic rings. The van der Waals surface area contributed by atoms with E-state index in [0.717, 1.165) is 12.8 Å². The Hall–Kier alpha value is -0.780. The minimum absolute atomic E-state index is 0.0135. The molecule has 4 nitrogen and oxygen atoms in total. The van der Waals surface area contributed by atoms with Crippen LogP contribution >= 0.6 is 22.3 Å². The highest BCUT2D eigenvalue weighted by atomic mass is 35.7. The number of nitrogens with one attached hydrogen (secondary N) is 1. The number of carbonyl (C=O) groups is 1. The fraction of sp³-hybridized carbons (Fsp3) is 0.462. The number of rotatable bonds is 5. The lowest BCUT2D eigenvalue weighted by molar-refractivity contribution is 0.0938. The summed E-state index contributed by atoms with van der Waals surface area (Å²) in [6, 6.07) is 2.76. The summed E-state index contributed by atoms with van der Waals surface area (Å²) >= 11 is 5.91. The molecule has 0 fully saturated rings. The van der Waals surface area contributed by atoms with Gasteiger partial charge >= 0.3 is 0 Å². The molecule has 0 aliphatic heterocycles. The normalized spacial score (nSPS) is 13.1. The van der Waals surface area contributed by atoms with Crippen molar-refractivity contribution in [2.45, 2.75) is 44.6 Å². The summed E-state index contributed by atoms with van der Waals surface area (Å²) in [6.45, 7) is 5.54. The van der Waals surface area contributed by atoms with Crippen molar-refractivity contribution in [1.82, 2.24) is 5.32 Å². The summed E-state index contributed by atoms with van der Waals surface area (Å²) < 4.78 is 22.9. The van der Waals surface area contributed by atoms with E-state index in [4.69, 9.17) is 22.3 Å². The number of hydrogen-bond donors (Lipinski definition) is 1. The molecule has 0 spiro atoms. The van der Waals surface area contributed by atoms with E-state index in [9.17, 15) is 13.2 Å². The number of carbonyl (C=O) groups excluding carboxylic acids is 1. The van der Waals surface area contributed by atoms with Gasteiger partial charge in [-0.3, -0.25) is 4.79 Å². The van der Waals surface area contributed by atoms with Gasteiger partial charge < -0.3 is 5.32 Å². The Morgan fingerprint density at radius 2 is 2.00 bits per heavy atom. The van der Waals surface area contributed by atoms with Gasteiger partial charge in [0.1, 0.15) is 4.90 Å². The van der Waals surface area contributed by atoms with Crippen LogP contribution in [0, 0.1) is 6.92 Å². The topological polar surface area (TPSA) is 63.2 Å². The van der Waals surface area contributed by atoms with Gasteiger partial charge in [0.2, 0.25) is 0 Å². The molecule has 0 saturated heterocycles. The first-order valence-corrected chi connectivity index (χ1v) is 8.91. The molecule has 0 radical (unpaired) electrons. The summed E-state index contributed by atoms with van der Waals surface area (Å²) in [5.41, 5.74) is 0.718. The van der Waals surface area contributed by atoms with Crippen LogP contribution in [0.1, 0.15) is 42.6 Å². The molecule has 0 aliphatic carbocycles.